The fourth-order valence-corrected chi connectivity index (χ4v) is 3.59. The fourth-order valence-electron chi connectivity index (χ4n) is 3.39. The van der Waals surface area contributed by atoms with Crippen LogP contribution in [0.2, 0.25) is 5.02 Å². The third-order valence-corrected chi connectivity index (χ3v) is 5.42. The highest BCUT2D eigenvalue weighted by atomic mass is 35.5. The van der Waals surface area contributed by atoms with E-state index in [1.165, 1.54) is 41.2 Å². The van der Waals surface area contributed by atoms with Crippen LogP contribution in [0.4, 0.5) is 10.2 Å². The Morgan fingerprint density at radius 3 is 2.59 bits per heavy atom. The molecule has 1 amide bonds. The van der Waals surface area contributed by atoms with E-state index in [2.05, 4.69) is 15.4 Å². The maximum Gasteiger partial charge on any atom is 0.258 e. The Kier molecular flexibility index (Phi) is 7.10. The zero-order valence-electron chi connectivity index (χ0n) is 18.0. The van der Waals surface area contributed by atoms with Gasteiger partial charge < -0.3 is 11.1 Å². The molecule has 9 heteroatoms. The van der Waals surface area contributed by atoms with Gasteiger partial charge in [-0.2, -0.15) is 5.10 Å². The van der Waals surface area contributed by atoms with Crippen molar-refractivity contribution in [2.24, 2.45) is 5.73 Å². The van der Waals surface area contributed by atoms with Crippen LogP contribution in [0.25, 0.3) is 16.9 Å². The Bertz CT molecular complexity index is 1340. The molecule has 3 N–H and O–H groups in total. The van der Waals surface area contributed by atoms with Crippen molar-refractivity contribution in [2.45, 2.75) is 12.8 Å². The number of pyridine rings is 1. The van der Waals surface area contributed by atoms with Crippen LogP contribution in [0.15, 0.2) is 72.9 Å². The van der Waals surface area contributed by atoms with Crippen LogP contribution in [0.3, 0.4) is 0 Å². The first-order valence-electron chi connectivity index (χ1n) is 10.6. The first-order chi connectivity index (χ1) is 16.5. The SMILES string of the molecule is NCCCC(=O)c1cc(NC(=O)c2cc(-c3ncccc3F)ccc2Cl)n(-c2ccccc2)n1. The second-order valence-corrected chi connectivity index (χ2v) is 7.87. The van der Waals surface area contributed by atoms with Gasteiger partial charge in [0, 0.05) is 24.2 Å². The largest absolute Gasteiger partial charge is 0.330 e. The molecule has 0 spiro atoms. The fraction of sp³-hybridized carbons (Fsp3) is 0.120. The summed E-state index contributed by atoms with van der Waals surface area (Å²) in [5, 5.41) is 7.36. The topological polar surface area (TPSA) is 103 Å². The van der Waals surface area contributed by atoms with E-state index in [0.717, 1.165) is 0 Å². The number of hydrogen-bond acceptors (Lipinski definition) is 5. The van der Waals surface area contributed by atoms with E-state index in [4.69, 9.17) is 17.3 Å². The number of hydrogen-bond donors (Lipinski definition) is 2. The average Bonchev–Trinajstić information content (AvgIpc) is 3.27. The second kappa shape index (κ2) is 10.4. The highest BCUT2D eigenvalue weighted by Gasteiger charge is 2.20. The number of aromatic nitrogens is 3. The summed E-state index contributed by atoms with van der Waals surface area (Å²) in [6.07, 6.45) is 2.25. The van der Waals surface area contributed by atoms with Crippen LogP contribution >= 0.6 is 11.6 Å². The van der Waals surface area contributed by atoms with E-state index in [1.807, 2.05) is 18.2 Å². The van der Waals surface area contributed by atoms with E-state index in [1.54, 1.807) is 18.2 Å². The first-order valence-corrected chi connectivity index (χ1v) is 11.0. The maximum atomic E-state index is 14.2. The second-order valence-electron chi connectivity index (χ2n) is 7.46. The quantitative estimate of drug-likeness (QED) is 0.351. The number of Topliss-reactive ketones (excluding diaryl/α,β-unsaturated/α-hetero) is 1. The standard InChI is InChI=1S/C25H21ClFN5O2/c26-19-11-10-16(24-20(27)8-5-13-29-24)14-18(19)25(34)30-23-15-21(22(33)9-4-12-28)31-32(23)17-6-2-1-3-7-17/h1-3,5-8,10-11,13-15H,4,9,12,28H2,(H,30,34). The predicted molar refractivity (Wildman–Crippen MR) is 129 cm³/mol. The Balaban J connectivity index is 1.69. The molecule has 0 saturated carbocycles. The Morgan fingerprint density at radius 2 is 1.85 bits per heavy atom. The zero-order chi connectivity index (χ0) is 24.1. The molecule has 0 aliphatic carbocycles. The minimum absolute atomic E-state index is 0.107. The lowest BCUT2D eigenvalue weighted by Crippen LogP contribution is -2.15. The molecule has 0 aliphatic heterocycles. The van der Waals surface area contributed by atoms with Crippen molar-refractivity contribution in [1.82, 2.24) is 14.8 Å². The molecular weight excluding hydrogens is 457 g/mol. The highest BCUT2D eigenvalue weighted by Crippen LogP contribution is 2.27. The number of nitrogens with zero attached hydrogens (tertiary/aromatic N) is 3. The molecule has 4 aromatic rings. The van der Waals surface area contributed by atoms with E-state index < -0.39 is 11.7 Å². The summed E-state index contributed by atoms with van der Waals surface area (Å²) < 4.78 is 15.7. The lowest BCUT2D eigenvalue weighted by Gasteiger charge is -2.11. The van der Waals surface area contributed by atoms with E-state index in [-0.39, 0.29) is 40.0 Å². The summed E-state index contributed by atoms with van der Waals surface area (Å²) in [6, 6.07) is 17.9. The Hall–Kier alpha value is -3.88. The summed E-state index contributed by atoms with van der Waals surface area (Å²) in [4.78, 5) is 29.8. The van der Waals surface area contributed by atoms with Crippen LogP contribution < -0.4 is 11.1 Å². The normalized spacial score (nSPS) is 10.8. The average molecular weight is 478 g/mol. The monoisotopic (exact) mass is 477 g/mol. The minimum atomic E-state index is -0.541. The van der Waals surface area contributed by atoms with E-state index in [9.17, 15) is 14.0 Å². The molecule has 2 aromatic carbocycles. The number of nitrogens with two attached hydrogens (primary N) is 1. The van der Waals surface area contributed by atoms with Crippen LogP contribution in [-0.4, -0.2) is 33.0 Å². The van der Waals surface area contributed by atoms with Gasteiger partial charge in [0.1, 0.15) is 23.0 Å². The van der Waals surface area contributed by atoms with Crippen LogP contribution in [0, 0.1) is 5.82 Å². The van der Waals surface area contributed by atoms with Crippen molar-refractivity contribution in [3.8, 4) is 16.9 Å². The smallest absolute Gasteiger partial charge is 0.258 e. The third kappa shape index (κ3) is 5.03. The summed E-state index contributed by atoms with van der Waals surface area (Å²) in [5.74, 6) is -0.945. The number of para-hydroxylation sites is 1. The van der Waals surface area contributed by atoms with Gasteiger partial charge in [0.15, 0.2) is 5.78 Å². The number of amides is 1. The zero-order valence-corrected chi connectivity index (χ0v) is 18.8. The molecule has 0 fully saturated rings. The van der Waals surface area contributed by atoms with Crippen molar-refractivity contribution in [2.75, 3.05) is 11.9 Å². The van der Waals surface area contributed by atoms with Crippen molar-refractivity contribution in [3.05, 3.63) is 95.0 Å². The third-order valence-electron chi connectivity index (χ3n) is 5.09. The number of rotatable bonds is 8. The Labute approximate surface area is 200 Å². The van der Waals surface area contributed by atoms with Gasteiger partial charge >= 0.3 is 0 Å². The molecule has 0 saturated heterocycles. The first kappa shape index (κ1) is 23.3. The number of halogens is 2. The number of carbonyl (C=O) groups excluding carboxylic acids is 2. The molecule has 0 atom stereocenters. The van der Waals surface area contributed by atoms with Gasteiger partial charge in [-0.25, -0.2) is 9.07 Å². The van der Waals surface area contributed by atoms with Crippen molar-refractivity contribution in [1.29, 1.82) is 0 Å². The van der Waals surface area contributed by atoms with Gasteiger partial charge in [0.05, 0.1) is 16.3 Å². The molecule has 2 aromatic heterocycles. The summed E-state index contributed by atoms with van der Waals surface area (Å²) >= 11 is 6.29. The number of benzene rings is 2. The summed E-state index contributed by atoms with van der Waals surface area (Å²) in [7, 11) is 0. The van der Waals surface area contributed by atoms with Crippen molar-refractivity contribution >= 4 is 29.1 Å². The van der Waals surface area contributed by atoms with Crippen LogP contribution in [0.1, 0.15) is 33.7 Å². The molecule has 34 heavy (non-hydrogen) atoms. The molecule has 0 radical (unpaired) electrons. The molecule has 4 rings (SSSR count). The number of carbonyl (C=O) groups is 2. The number of ketones is 1. The van der Waals surface area contributed by atoms with Gasteiger partial charge in [-0.1, -0.05) is 35.9 Å². The maximum absolute atomic E-state index is 14.2. The summed E-state index contributed by atoms with van der Waals surface area (Å²) in [6.45, 7) is 0.389. The predicted octanol–water partition coefficient (Wildman–Crippen LogP) is 4.90. The number of nitrogens with one attached hydrogen (secondary N) is 1. The van der Waals surface area contributed by atoms with Crippen molar-refractivity contribution < 1.29 is 14.0 Å². The molecular formula is C25H21ClFN5O2. The lowest BCUT2D eigenvalue weighted by atomic mass is 10.1. The van der Waals surface area contributed by atoms with Gasteiger partial charge in [-0.05, 0) is 49.4 Å². The minimum Gasteiger partial charge on any atom is -0.330 e. The molecule has 0 bridgehead atoms. The molecule has 7 nitrogen and oxygen atoms in total. The highest BCUT2D eigenvalue weighted by molar-refractivity contribution is 6.34. The van der Waals surface area contributed by atoms with Gasteiger partial charge in [0.2, 0.25) is 0 Å². The Morgan fingerprint density at radius 1 is 1.06 bits per heavy atom. The van der Waals surface area contributed by atoms with Crippen LogP contribution in [0.5, 0.6) is 0 Å². The van der Waals surface area contributed by atoms with Gasteiger partial charge in [0.25, 0.3) is 5.91 Å². The summed E-state index contributed by atoms with van der Waals surface area (Å²) in [5.41, 5.74) is 7.02. The molecule has 172 valence electrons. The van der Waals surface area contributed by atoms with Gasteiger partial charge in [-0.15, -0.1) is 0 Å². The molecule has 0 unspecified atom stereocenters. The molecule has 0 aliphatic rings. The van der Waals surface area contributed by atoms with Gasteiger partial charge in [-0.3, -0.25) is 14.6 Å². The number of anilines is 1. The van der Waals surface area contributed by atoms with Crippen LogP contribution in [-0.2, 0) is 0 Å². The van der Waals surface area contributed by atoms with Crippen molar-refractivity contribution in [3.63, 3.8) is 0 Å². The lowest BCUT2D eigenvalue weighted by molar-refractivity contribution is 0.0974. The van der Waals surface area contributed by atoms with E-state index >= 15 is 0 Å². The van der Waals surface area contributed by atoms with E-state index in [0.29, 0.717) is 24.2 Å². The molecule has 2 heterocycles.